The average Bonchev–Trinajstić information content (AvgIpc) is 2.28. The minimum absolute atomic E-state index is 0.0105. The van der Waals surface area contributed by atoms with Crippen molar-refractivity contribution in [1.29, 1.82) is 0 Å². The van der Waals surface area contributed by atoms with E-state index >= 15 is 0 Å². The molecule has 1 aromatic rings. The molecule has 100 valence electrons. The van der Waals surface area contributed by atoms with Crippen LogP contribution in [0.25, 0.3) is 0 Å². The number of hydrogen-bond donors (Lipinski definition) is 2. The number of carbonyl (C=O) groups is 1. The van der Waals surface area contributed by atoms with Crippen LogP contribution < -0.4 is 15.4 Å². The number of urea groups is 1. The maximum absolute atomic E-state index is 12.0. The molecule has 0 aliphatic carbocycles. The van der Waals surface area contributed by atoms with Gasteiger partial charge in [0.05, 0.1) is 0 Å². The predicted octanol–water partition coefficient (Wildman–Crippen LogP) is 3.21. The minimum atomic E-state index is -2.88. The number of unbranched alkanes of at least 4 members (excludes halogenated alkanes) is 1. The molecule has 0 radical (unpaired) electrons. The highest BCUT2D eigenvalue weighted by Crippen LogP contribution is 2.19. The van der Waals surface area contributed by atoms with Crippen molar-refractivity contribution in [2.24, 2.45) is 0 Å². The Morgan fingerprint density at radius 2 is 2.22 bits per heavy atom. The molecule has 0 saturated heterocycles. The Kier molecular flexibility index (Phi) is 5.90. The number of nitrogens with one attached hydrogen (secondary N) is 2. The average molecular weight is 258 g/mol. The maximum Gasteiger partial charge on any atom is 0.387 e. The predicted molar refractivity (Wildman–Crippen MR) is 65.0 cm³/mol. The lowest BCUT2D eigenvalue weighted by Gasteiger charge is -2.09. The summed E-state index contributed by atoms with van der Waals surface area (Å²) in [6.45, 7) is -0.279. The molecule has 2 N–H and O–H groups in total. The summed E-state index contributed by atoms with van der Waals surface area (Å²) in [5.41, 5.74) is 0.405. The molecule has 0 aromatic heterocycles. The summed E-state index contributed by atoms with van der Waals surface area (Å²) in [6, 6.07) is 5.49. The molecular formula is C12H16F2N2O2. The number of carbonyl (C=O) groups excluding carboxylic acids is 1. The molecule has 18 heavy (non-hydrogen) atoms. The minimum Gasteiger partial charge on any atom is -0.435 e. The van der Waals surface area contributed by atoms with Crippen molar-refractivity contribution < 1.29 is 18.3 Å². The Hall–Kier alpha value is -1.85. The molecule has 0 bridgehead atoms. The molecule has 1 aromatic carbocycles. The van der Waals surface area contributed by atoms with Crippen molar-refractivity contribution in [3.05, 3.63) is 24.3 Å². The van der Waals surface area contributed by atoms with Crippen LogP contribution in [0.3, 0.4) is 0 Å². The largest absolute Gasteiger partial charge is 0.435 e. The van der Waals surface area contributed by atoms with Gasteiger partial charge < -0.3 is 15.4 Å². The topological polar surface area (TPSA) is 50.4 Å². The zero-order valence-electron chi connectivity index (χ0n) is 10.1. The smallest absolute Gasteiger partial charge is 0.387 e. The van der Waals surface area contributed by atoms with E-state index in [9.17, 15) is 13.6 Å². The number of benzene rings is 1. The van der Waals surface area contributed by atoms with Gasteiger partial charge in [0.2, 0.25) is 0 Å². The highest BCUT2D eigenvalue weighted by Gasteiger charge is 2.06. The van der Waals surface area contributed by atoms with Crippen molar-refractivity contribution in [3.8, 4) is 5.75 Å². The van der Waals surface area contributed by atoms with Gasteiger partial charge in [0.25, 0.3) is 0 Å². The molecule has 0 aliphatic heterocycles. The maximum atomic E-state index is 12.0. The quantitative estimate of drug-likeness (QED) is 0.770. The number of hydrogen-bond acceptors (Lipinski definition) is 2. The van der Waals surface area contributed by atoms with Crippen molar-refractivity contribution in [3.63, 3.8) is 0 Å². The third kappa shape index (κ3) is 5.47. The molecule has 6 heteroatoms. The van der Waals surface area contributed by atoms with Crippen LogP contribution in [0.4, 0.5) is 19.3 Å². The molecule has 0 aliphatic rings. The van der Waals surface area contributed by atoms with Crippen molar-refractivity contribution in [2.45, 2.75) is 26.4 Å². The number of anilines is 1. The van der Waals surface area contributed by atoms with Crippen LogP contribution in [-0.2, 0) is 0 Å². The van der Waals surface area contributed by atoms with E-state index < -0.39 is 6.61 Å². The first kappa shape index (κ1) is 14.2. The highest BCUT2D eigenvalue weighted by atomic mass is 19.3. The van der Waals surface area contributed by atoms with Gasteiger partial charge in [-0.2, -0.15) is 8.78 Å². The number of ether oxygens (including phenoxy) is 1. The fraction of sp³-hybridized carbons (Fsp3) is 0.417. The van der Waals surface area contributed by atoms with E-state index in [1.807, 2.05) is 6.92 Å². The van der Waals surface area contributed by atoms with Crippen LogP contribution in [0.2, 0.25) is 0 Å². The van der Waals surface area contributed by atoms with Gasteiger partial charge in [-0.15, -0.1) is 0 Å². The summed E-state index contributed by atoms with van der Waals surface area (Å²) < 4.78 is 28.2. The van der Waals surface area contributed by atoms with Gasteiger partial charge in [-0.25, -0.2) is 4.79 Å². The van der Waals surface area contributed by atoms with Gasteiger partial charge in [0.15, 0.2) is 0 Å². The first-order chi connectivity index (χ1) is 8.61. The van der Waals surface area contributed by atoms with E-state index in [0.29, 0.717) is 12.2 Å². The highest BCUT2D eigenvalue weighted by molar-refractivity contribution is 5.89. The van der Waals surface area contributed by atoms with Gasteiger partial charge in [-0.1, -0.05) is 19.4 Å². The Bertz CT molecular complexity index is 386. The lowest BCUT2D eigenvalue weighted by atomic mass is 10.3. The fourth-order valence-electron chi connectivity index (χ4n) is 1.30. The van der Waals surface area contributed by atoms with Crippen molar-refractivity contribution in [1.82, 2.24) is 5.32 Å². The zero-order chi connectivity index (χ0) is 13.4. The summed E-state index contributed by atoms with van der Waals surface area (Å²) in [5, 5.41) is 5.19. The van der Waals surface area contributed by atoms with Gasteiger partial charge in [0.1, 0.15) is 5.75 Å². The number of alkyl halides is 2. The molecule has 1 rings (SSSR count). The number of rotatable bonds is 6. The molecule has 0 fully saturated rings. The van der Waals surface area contributed by atoms with Crippen LogP contribution in [0.1, 0.15) is 19.8 Å². The first-order valence-electron chi connectivity index (χ1n) is 5.71. The molecule has 2 amide bonds. The second kappa shape index (κ2) is 7.47. The Morgan fingerprint density at radius 1 is 1.44 bits per heavy atom. The molecule has 0 spiro atoms. The van der Waals surface area contributed by atoms with E-state index in [-0.39, 0.29) is 11.8 Å². The Labute approximate surface area is 104 Å². The molecular weight excluding hydrogens is 242 g/mol. The summed E-state index contributed by atoms with van der Waals surface area (Å²) in [7, 11) is 0. The van der Waals surface area contributed by atoms with E-state index in [1.54, 1.807) is 6.07 Å². The van der Waals surface area contributed by atoms with Crippen LogP contribution in [0.15, 0.2) is 24.3 Å². The van der Waals surface area contributed by atoms with E-state index in [2.05, 4.69) is 15.4 Å². The second-order valence-electron chi connectivity index (χ2n) is 3.64. The fourth-order valence-corrected chi connectivity index (χ4v) is 1.30. The monoisotopic (exact) mass is 258 g/mol. The SMILES string of the molecule is CCCCNC(=O)Nc1cccc(OC(F)F)c1. The second-order valence-corrected chi connectivity index (χ2v) is 3.64. The standard InChI is InChI=1S/C12H16F2N2O2/c1-2-3-7-15-12(17)16-9-5-4-6-10(8-9)18-11(13)14/h4-6,8,11H,2-3,7H2,1H3,(H2,15,16,17). The van der Waals surface area contributed by atoms with E-state index in [4.69, 9.17) is 0 Å². The summed E-state index contributed by atoms with van der Waals surface area (Å²) in [5.74, 6) is 0.0105. The zero-order valence-corrected chi connectivity index (χ0v) is 10.1. The first-order valence-corrected chi connectivity index (χ1v) is 5.71. The van der Waals surface area contributed by atoms with E-state index in [0.717, 1.165) is 12.8 Å². The van der Waals surface area contributed by atoms with Crippen LogP contribution >= 0.6 is 0 Å². The van der Waals surface area contributed by atoms with E-state index in [1.165, 1.54) is 18.2 Å². The molecule has 0 unspecified atom stereocenters. The van der Waals surface area contributed by atoms with Gasteiger partial charge >= 0.3 is 12.6 Å². The lowest BCUT2D eigenvalue weighted by molar-refractivity contribution is -0.0497. The summed E-state index contributed by atoms with van der Waals surface area (Å²) in [4.78, 5) is 11.4. The van der Waals surface area contributed by atoms with Crippen molar-refractivity contribution in [2.75, 3.05) is 11.9 Å². The summed E-state index contributed by atoms with van der Waals surface area (Å²) in [6.07, 6.45) is 1.87. The van der Waals surface area contributed by atoms with Crippen LogP contribution in [0, 0.1) is 0 Å². The normalized spacial score (nSPS) is 10.2. The third-order valence-corrected chi connectivity index (χ3v) is 2.13. The Morgan fingerprint density at radius 3 is 2.89 bits per heavy atom. The van der Waals surface area contributed by atoms with Crippen LogP contribution in [-0.4, -0.2) is 19.2 Å². The summed E-state index contributed by atoms with van der Waals surface area (Å²) >= 11 is 0. The molecule has 0 heterocycles. The molecule has 0 atom stereocenters. The lowest BCUT2D eigenvalue weighted by Crippen LogP contribution is -2.29. The van der Waals surface area contributed by atoms with Gasteiger partial charge in [-0.3, -0.25) is 0 Å². The van der Waals surface area contributed by atoms with Crippen molar-refractivity contribution >= 4 is 11.7 Å². The van der Waals surface area contributed by atoms with Crippen LogP contribution in [0.5, 0.6) is 5.75 Å². The molecule has 4 nitrogen and oxygen atoms in total. The Balaban J connectivity index is 2.48. The third-order valence-electron chi connectivity index (χ3n) is 2.13. The molecule has 0 saturated carbocycles. The number of amides is 2. The van der Waals surface area contributed by atoms with Gasteiger partial charge in [-0.05, 0) is 18.6 Å². The van der Waals surface area contributed by atoms with Gasteiger partial charge in [0, 0.05) is 18.3 Å². The number of halogens is 2.